The van der Waals surface area contributed by atoms with Gasteiger partial charge in [-0.2, -0.15) is 0 Å². The molecule has 1 amide bonds. The Morgan fingerprint density at radius 1 is 1.12 bits per heavy atom. The van der Waals surface area contributed by atoms with Crippen molar-refractivity contribution in [1.82, 2.24) is 9.80 Å². The third kappa shape index (κ3) is 4.83. The number of nitrogens with zero attached hydrogens (tertiary/aromatic N) is 2. The average Bonchev–Trinajstić information content (AvgIpc) is 3.09. The number of para-hydroxylation sites is 1. The SMILES string of the molecule is CC(C)(C)c1ccccc1NC(=O)CN1CCCC(N2CCCC2)C1. The van der Waals surface area contributed by atoms with Crippen LogP contribution in [0.2, 0.25) is 0 Å². The van der Waals surface area contributed by atoms with Gasteiger partial charge in [0.2, 0.25) is 5.91 Å². The molecule has 0 saturated carbocycles. The molecule has 2 aliphatic rings. The lowest BCUT2D eigenvalue weighted by Crippen LogP contribution is -2.48. The zero-order valence-electron chi connectivity index (χ0n) is 16.1. The lowest BCUT2D eigenvalue weighted by atomic mass is 9.86. The van der Waals surface area contributed by atoms with Gasteiger partial charge in [-0.1, -0.05) is 39.0 Å². The van der Waals surface area contributed by atoms with Gasteiger partial charge in [0.05, 0.1) is 6.54 Å². The van der Waals surface area contributed by atoms with Gasteiger partial charge < -0.3 is 5.32 Å². The van der Waals surface area contributed by atoms with Crippen LogP contribution in [0.3, 0.4) is 0 Å². The van der Waals surface area contributed by atoms with Crippen LogP contribution in [0.5, 0.6) is 0 Å². The van der Waals surface area contributed by atoms with Gasteiger partial charge in [0.15, 0.2) is 0 Å². The van der Waals surface area contributed by atoms with Crippen molar-refractivity contribution in [3.05, 3.63) is 29.8 Å². The van der Waals surface area contributed by atoms with Crippen molar-refractivity contribution in [1.29, 1.82) is 0 Å². The summed E-state index contributed by atoms with van der Waals surface area (Å²) in [5.41, 5.74) is 2.17. The normalized spacial score (nSPS) is 22.9. The highest BCUT2D eigenvalue weighted by molar-refractivity contribution is 5.93. The summed E-state index contributed by atoms with van der Waals surface area (Å²) >= 11 is 0. The van der Waals surface area contributed by atoms with Gasteiger partial charge >= 0.3 is 0 Å². The van der Waals surface area contributed by atoms with E-state index in [0.29, 0.717) is 12.6 Å². The Labute approximate surface area is 152 Å². The third-order valence-electron chi connectivity index (χ3n) is 5.51. The molecule has 0 spiro atoms. The first kappa shape index (κ1) is 18.4. The van der Waals surface area contributed by atoms with Crippen LogP contribution in [0.1, 0.15) is 52.0 Å². The molecule has 1 aromatic carbocycles. The highest BCUT2D eigenvalue weighted by Gasteiger charge is 2.28. The second-order valence-corrected chi connectivity index (χ2v) is 8.62. The highest BCUT2D eigenvalue weighted by atomic mass is 16.2. The summed E-state index contributed by atoms with van der Waals surface area (Å²) < 4.78 is 0. The van der Waals surface area contributed by atoms with Gasteiger partial charge in [0, 0.05) is 18.3 Å². The first-order valence-corrected chi connectivity index (χ1v) is 9.79. The number of anilines is 1. The van der Waals surface area contributed by atoms with E-state index in [1.807, 2.05) is 18.2 Å². The average molecular weight is 344 g/mol. The molecule has 1 unspecified atom stereocenters. The molecule has 1 atom stereocenters. The number of nitrogens with one attached hydrogen (secondary N) is 1. The molecule has 1 aromatic rings. The lowest BCUT2D eigenvalue weighted by Gasteiger charge is -2.37. The molecule has 0 bridgehead atoms. The fourth-order valence-electron chi connectivity index (χ4n) is 4.22. The molecule has 3 rings (SSSR count). The Morgan fingerprint density at radius 3 is 2.56 bits per heavy atom. The predicted molar refractivity (Wildman–Crippen MR) is 104 cm³/mol. The van der Waals surface area contributed by atoms with E-state index in [1.54, 1.807) is 0 Å². The largest absolute Gasteiger partial charge is 0.325 e. The molecular formula is C21H33N3O. The fourth-order valence-corrected chi connectivity index (χ4v) is 4.22. The van der Waals surface area contributed by atoms with Crippen molar-refractivity contribution in [2.75, 3.05) is 38.0 Å². The Kier molecular flexibility index (Phi) is 5.80. The standard InChI is InChI=1S/C21H33N3O/c1-21(2,3)18-10-4-5-11-19(18)22-20(25)16-23-12-8-9-17(15-23)24-13-6-7-14-24/h4-5,10-11,17H,6-9,12-16H2,1-3H3,(H,22,25). The molecule has 4 heteroatoms. The molecule has 2 aliphatic heterocycles. The molecule has 25 heavy (non-hydrogen) atoms. The number of likely N-dealkylation sites (tertiary alicyclic amines) is 2. The van der Waals surface area contributed by atoms with Crippen molar-refractivity contribution in [3.63, 3.8) is 0 Å². The summed E-state index contributed by atoms with van der Waals surface area (Å²) in [5, 5.41) is 3.15. The molecule has 0 radical (unpaired) electrons. The number of hydrogen-bond acceptors (Lipinski definition) is 3. The smallest absolute Gasteiger partial charge is 0.238 e. The molecule has 2 fully saturated rings. The minimum Gasteiger partial charge on any atom is -0.325 e. The molecule has 138 valence electrons. The van der Waals surface area contributed by atoms with Crippen LogP contribution in [0.15, 0.2) is 24.3 Å². The number of carbonyl (C=O) groups excluding carboxylic acids is 1. The van der Waals surface area contributed by atoms with E-state index in [1.165, 1.54) is 44.3 Å². The minimum atomic E-state index is 0.0237. The third-order valence-corrected chi connectivity index (χ3v) is 5.51. The maximum absolute atomic E-state index is 12.6. The van der Waals surface area contributed by atoms with Crippen LogP contribution in [0.25, 0.3) is 0 Å². The fraction of sp³-hybridized carbons (Fsp3) is 0.667. The number of benzene rings is 1. The van der Waals surface area contributed by atoms with Gasteiger partial charge in [0.25, 0.3) is 0 Å². The van der Waals surface area contributed by atoms with Gasteiger partial charge in [-0.15, -0.1) is 0 Å². The van der Waals surface area contributed by atoms with Crippen LogP contribution in [0, 0.1) is 0 Å². The first-order valence-electron chi connectivity index (χ1n) is 9.79. The van der Waals surface area contributed by atoms with Gasteiger partial charge in [-0.3, -0.25) is 14.6 Å². The van der Waals surface area contributed by atoms with Crippen molar-refractivity contribution >= 4 is 11.6 Å². The Hall–Kier alpha value is -1.39. The van der Waals surface area contributed by atoms with Crippen molar-refractivity contribution < 1.29 is 4.79 Å². The molecule has 0 aliphatic carbocycles. The molecule has 0 aromatic heterocycles. The van der Waals surface area contributed by atoms with E-state index in [9.17, 15) is 4.79 Å². The summed E-state index contributed by atoms with van der Waals surface area (Å²) in [6.07, 6.45) is 5.15. The topological polar surface area (TPSA) is 35.6 Å². The predicted octanol–water partition coefficient (Wildman–Crippen LogP) is 3.48. The molecule has 2 saturated heterocycles. The van der Waals surface area contributed by atoms with E-state index in [4.69, 9.17) is 0 Å². The van der Waals surface area contributed by atoms with Crippen LogP contribution < -0.4 is 5.32 Å². The number of piperidine rings is 1. The van der Waals surface area contributed by atoms with Crippen molar-refractivity contribution in [2.24, 2.45) is 0 Å². The van der Waals surface area contributed by atoms with Gasteiger partial charge in [0.1, 0.15) is 0 Å². The summed E-state index contributed by atoms with van der Waals surface area (Å²) in [6.45, 7) is 11.6. The number of hydrogen-bond donors (Lipinski definition) is 1. The zero-order chi connectivity index (χ0) is 17.9. The number of carbonyl (C=O) groups is 1. The van der Waals surface area contributed by atoms with E-state index < -0.39 is 0 Å². The van der Waals surface area contributed by atoms with Gasteiger partial charge in [-0.25, -0.2) is 0 Å². The quantitative estimate of drug-likeness (QED) is 0.909. The van der Waals surface area contributed by atoms with E-state index >= 15 is 0 Å². The lowest BCUT2D eigenvalue weighted by molar-refractivity contribution is -0.117. The molecule has 4 nitrogen and oxygen atoms in total. The van der Waals surface area contributed by atoms with Crippen LogP contribution in [0.4, 0.5) is 5.69 Å². The Bertz CT molecular complexity index is 587. The van der Waals surface area contributed by atoms with E-state index in [-0.39, 0.29) is 11.3 Å². The summed E-state index contributed by atoms with van der Waals surface area (Å²) in [7, 11) is 0. The highest BCUT2D eigenvalue weighted by Crippen LogP contribution is 2.29. The molecule has 2 heterocycles. The van der Waals surface area contributed by atoms with Crippen LogP contribution in [-0.2, 0) is 10.2 Å². The van der Waals surface area contributed by atoms with Crippen LogP contribution in [-0.4, -0.2) is 54.5 Å². The van der Waals surface area contributed by atoms with Crippen LogP contribution >= 0.6 is 0 Å². The van der Waals surface area contributed by atoms with E-state index in [0.717, 1.165) is 18.8 Å². The minimum absolute atomic E-state index is 0.0237. The second-order valence-electron chi connectivity index (χ2n) is 8.62. The zero-order valence-corrected chi connectivity index (χ0v) is 16.1. The maximum Gasteiger partial charge on any atom is 0.238 e. The summed E-state index contributed by atoms with van der Waals surface area (Å²) in [6, 6.07) is 8.81. The van der Waals surface area contributed by atoms with Crippen molar-refractivity contribution in [2.45, 2.75) is 57.9 Å². The van der Waals surface area contributed by atoms with Crippen molar-refractivity contribution in [3.8, 4) is 0 Å². The number of rotatable bonds is 4. The maximum atomic E-state index is 12.6. The van der Waals surface area contributed by atoms with E-state index in [2.05, 4.69) is 42.0 Å². The first-order chi connectivity index (χ1) is 11.9. The summed E-state index contributed by atoms with van der Waals surface area (Å²) in [4.78, 5) is 17.6. The Morgan fingerprint density at radius 2 is 1.84 bits per heavy atom. The number of amides is 1. The second kappa shape index (κ2) is 7.88. The molecular weight excluding hydrogens is 310 g/mol. The Balaban J connectivity index is 1.57. The van der Waals surface area contributed by atoms with Gasteiger partial charge in [-0.05, 0) is 62.4 Å². The molecule has 1 N–H and O–H groups in total. The summed E-state index contributed by atoms with van der Waals surface area (Å²) in [5.74, 6) is 0.110. The monoisotopic (exact) mass is 343 g/mol.